The summed E-state index contributed by atoms with van der Waals surface area (Å²) in [5.74, 6) is 0.944. The fourth-order valence-electron chi connectivity index (χ4n) is 3.02. The number of carbonyl (C=O) groups excluding carboxylic acids is 2. The van der Waals surface area contributed by atoms with Crippen molar-refractivity contribution in [2.45, 2.75) is 0 Å². The number of ether oxygens (including phenoxy) is 2. The van der Waals surface area contributed by atoms with Crippen LogP contribution in [0.5, 0.6) is 11.5 Å². The van der Waals surface area contributed by atoms with Gasteiger partial charge in [-0.25, -0.2) is 0 Å². The van der Waals surface area contributed by atoms with Crippen molar-refractivity contribution >= 4 is 46.2 Å². The highest BCUT2D eigenvalue weighted by atomic mass is 32.2. The third-order valence-corrected chi connectivity index (χ3v) is 6.12. The van der Waals surface area contributed by atoms with E-state index in [1.165, 1.54) is 16.7 Å². The van der Waals surface area contributed by atoms with Gasteiger partial charge in [0.25, 0.3) is 5.91 Å². The molecule has 1 aromatic carbocycles. The summed E-state index contributed by atoms with van der Waals surface area (Å²) in [5, 5.41) is 0. The molecule has 28 heavy (non-hydrogen) atoms. The third kappa shape index (κ3) is 4.48. The zero-order valence-electron chi connectivity index (χ0n) is 16.1. The highest BCUT2D eigenvalue weighted by Crippen LogP contribution is 2.35. The first-order valence-corrected chi connectivity index (χ1v) is 10.1. The van der Waals surface area contributed by atoms with Crippen LogP contribution in [0.2, 0.25) is 0 Å². The van der Waals surface area contributed by atoms with Crippen LogP contribution in [0.25, 0.3) is 6.08 Å². The quantitative estimate of drug-likeness (QED) is 0.529. The summed E-state index contributed by atoms with van der Waals surface area (Å²) in [6.07, 6.45) is 1.72. The van der Waals surface area contributed by atoms with Gasteiger partial charge in [-0.05, 0) is 31.3 Å². The van der Waals surface area contributed by atoms with Crippen molar-refractivity contribution in [1.82, 2.24) is 14.7 Å². The van der Waals surface area contributed by atoms with Crippen molar-refractivity contribution in [3.63, 3.8) is 0 Å². The van der Waals surface area contributed by atoms with E-state index in [1.54, 1.807) is 43.4 Å². The Labute approximate surface area is 174 Å². The molecular formula is C19H23N3O4S2. The zero-order chi connectivity index (χ0) is 20.3. The minimum atomic E-state index is -0.262. The molecule has 2 aliphatic rings. The Bertz CT molecular complexity index is 819. The topological polar surface area (TPSA) is 62.3 Å². The maximum absolute atomic E-state index is 12.8. The summed E-state index contributed by atoms with van der Waals surface area (Å²) < 4.78 is 11.0. The van der Waals surface area contributed by atoms with Gasteiger partial charge in [0.1, 0.15) is 22.4 Å². The molecule has 0 atom stereocenters. The monoisotopic (exact) mass is 421 g/mol. The molecule has 3 rings (SSSR count). The van der Waals surface area contributed by atoms with Crippen LogP contribution >= 0.6 is 24.0 Å². The fourth-order valence-corrected chi connectivity index (χ4v) is 4.27. The number of carbonyl (C=O) groups is 2. The lowest BCUT2D eigenvalue weighted by molar-refractivity contribution is -0.136. The third-order valence-electron chi connectivity index (χ3n) is 4.75. The number of hydrogen-bond acceptors (Lipinski definition) is 7. The molecular weight excluding hydrogens is 398 g/mol. The van der Waals surface area contributed by atoms with Gasteiger partial charge in [-0.1, -0.05) is 24.0 Å². The van der Waals surface area contributed by atoms with Crippen molar-refractivity contribution in [2.24, 2.45) is 0 Å². The Hall–Kier alpha value is -2.10. The molecule has 9 heteroatoms. The number of piperazine rings is 1. The predicted octanol–water partition coefficient (Wildman–Crippen LogP) is 1.68. The van der Waals surface area contributed by atoms with Gasteiger partial charge in [0, 0.05) is 31.7 Å². The van der Waals surface area contributed by atoms with Gasteiger partial charge in [-0.3, -0.25) is 14.5 Å². The van der Waals surface area contributed by atoms with Crippen LogP contribution in [-0.4, -0.2) is 84.8 Å². The number of hydrogen-bond donors (Lipinski definition) is 0. The summed E-state index contributed by atoms with van der Waals surface area (Å²) in [6.45, 7) is 2.97. The molecule has 1 aromatic rings. The molecule has 0 N–H and O–H groups in total. The lowest BCUT2D eigenvalue weighted by Gasteiger charge is -2.33. The van der Waals surface area contributed by atoms with Crippen molar-refractivity contribution in [2.75, 3.05) is 54.0 Å². The Balaban J connectivity index is 1.75. The first-order chi connectivity index (χ1) is 13.4. The van der Waals surface area contributed by atoms with Crippen LogP contribution in [0, 0.1) is 0 Å². The highest BCUT2D eigenvalue weighted by Gasteiger charge is 2.35. The number of benzene rings is 1. The van der Waals surface area contributed by atoms with E-state index in [2.05, 4.69) is 4.90 Å². The molecule has 2 amide bonds. The van der Waals surface area contributed by atoms with E-state index >= 15 is 0 Å². The maximum atomic E-state index is 12.8. The first-order valence-electron chi connectivity index (χ1n) is 8.86. The van der Waals surface area contributed by atoms with Gasteiger partial charge in [0.2, 0.25) is 5.91 Å². The van der Waals surface area contributed by atoms with Crippen molar-refractivity contribution in [1.29, 1.82) is 0 Å². The molecule has 0 aromatic heterocycles. The minimum absolute atomic E-state index is 0.0268. The number of rotatable bonds is 5. The molecule has 0 saturated carbocycles. The standard InChI is InChI=1S/C19H23N3O4S2/c1-20-6-8-21(9-7-20)17(23)12-22-18(24)16(28-19(22)27)11-13-10-14(25-2)4-5-15(13)26-3/h4-5,10-11H,6-9,12H2,1-3H3/b16-11+. The minimum Gasteiger partial charge on any atom is -0.497 e. The molecule has 0 radical (unpaired) electrons. The van der Waals surface area contributed by atoms with E-state index < -0.39 is 0 Å². The van der Waals surface area contributed by atoms with Gasteiger partial charge in [-0.15, -0.1) is 0 Å². The maximum Gasteiger partial charge on any atom is 0.266 e. The van der Waals surface area contributed by atoms with Crippen LogP contribution in [0.1, 0.15) is 5.56 Å². The van der Waals surface area contributed by atoms with Gasteiger partial charge in [0.05, 0.1) is 19.1 Å². The average molecular weight is 422 g/mol. The zero-order valence-corrected chi connectivity index (χ0v) is 17.8. The van der Waals surface area contributed by atoms with Gasteiger partial charge >= 0.3 is 0 Å². The largest absolute Gasteiger partial charge is 0.497 e. The second kappa shape index (κ2) is 8.93. The number of thiocarbonyl (C=S) groups is 1. The van der Waals surface area contributed by atoms with E-state index in [4.69, 9.17) is 21.7 Å². The van der Waals surface area contributed by atoms with Crippen LogP contribution in [0.4, 0.5) is 0 Å². The van der Waals surface area contributed by atoms with E-state index in [9.17, 15) is 9.59 Å². The molecule has 2 fully saturated rings. The molecule has 0 spiro atoms. The molecule has 2 heterocycles. The van der Waals surface area contributed by atoms with Gasteiger partial charge < -0.3 is 19.3 Å². The van der Waals surface area contributed by atoms with E-state index in [1.807, 2.05) is 7.05 Å². The number of amides is 2. The Morgan fingerprint density at radius 1 is 1.21 bits per heavy atom. The number of thioether (sulfide) groups is 1. The Morgan fingerprint density at radius 2 is 1.93 bits per heavy atom. The SMILES string of the molecule is COc1ccc(OC)c(/C=C2/SC(=S)N(CC(=O)N3CCN(C)CC3)C2=O)c1. The second-order valence-electron chi connectivity index (χ2n) is 6.56. The number of methoxy groups -OCH3 is 2. The second-order valence-corrected chi connectivity index (χ2v) is 8.24. The molecule has 2 aliphatic heterocycles. The molecule has 0 bridgehead atoms. The molecule has 0 aliphatic carbocycles. The van der Waals surface area contributed by atoms with Crippen molar-refractivity contribution < 1.29 is 19.1 Å². The van der Waals surface area contributed by atoms with Crippen LogP contribution in [0.3, 0.4) is 0 Å². The first kappa shape index (κ1) is 20.6. The molecule has 7 nitrogen and oxygen atoms in total. The molecule has 2 saturated heterocycles. The summed E-state index contributed by atoms with van der Waals surface area (Å²) in [4.78, 5) is 31.2. The normalized spacial score (nSPS) is 19.5. The molecule has 0 unspecified atom stereocenters. The van der Waals surface area contributed by atoms with Crippen LogP contribution in [0.15, 0.2) is 23.1 Å². The van der Waals surface area contributed by atoms with Crippen LogP contribution in [-0.2, 0) is 9.59 Å². The molecule has 150 valence electrons. The smallest absolute Gasteiger partial charge is 0.266 e. The number of likely N-dealkylation sites (N-methyl/N-ethyl adjacent to an activating group) is 1. The van der Waals surface area contributed by atoms with E-state index in [0.717, 1.165) is 13.1 Å². The van der Waals surface area contributed by atoms with Gasteiger partial charge in [-0.2, -0.15) is 0 Å². The summed E-state index contributed by atoms with van der Waals surface area (Å²) >= 11 is 6.54. The summed E-state index contributed by atoms with van der Waals surface area (Å²) in [6, 6.07) is 5.36. The highest BCUT2D eigenvalue weighted by molar-refractivity contribution is 8.26. The Morgan fingerprint density at radius 3 is 2.57 bits per heavy atom. The van der Waals surface area contributed by atoms with Crippen LogP contribution < -0.4 is 9.47 Å². The Kier molecular flexibility index (Phi) is 6.58. The summed E-state index contributed by atoms with van der Waals surface area (Å²) in [7, 11) is 5.18. The number of nitrogens with zero attached hydrogens (tertiary/aromatic N) is 3. The van der Waals surface area contributed by atoms with Crippen molar-refractivity contribution in [3.8, 4) is 11.5 Å². The fraction of sp³-hybridized carbons (Fsp3) is 0.421. The van der Waals surface area contributed by atoms with E-state index in [0.29, 0.717) is 39.4 Å². The van der Waals surface area contributed by atoms with Gasteiger partial charge in [0.15, 0.2) is 0 Å². The lowest BCUT2D eigenvalue weighted by Crippen LogP contribution is -2.50. The average Bonchev–Trinajstić information content (AvgIpc) is 2.95. The summed E-state index contributed by atoms with van der Waals surface area (Å²) in [5.41, 5.74) is 0.716. The van der Waals surface area contributed by atoms with E-state index in [-0.39, 0.29) is 18.4 Å². The van der Waals surface area contributed by atoms with Crippen molar-refractivity contribution in [3.05, 3.63) is 28.7 Å². The predicted molar refractivity (Wildman–Crippen MR) is 114 cm³/mol. The lowest BCUT2D eigenvalue weighted by atomic mass is 10.1.